The van der Waals surface area contributed by atoms with E-state index in [4.69, 9.17) is 0 Å². The maximum absolute atomic E-state index is 13.8. The second-order valence-corrected chi connectivity index (χ2v) is 4.42. The first kappa shape index (κ1) is 13.0. The first-order chi connectivity index (χ1) is 7.60. The first-order valence-corrected chi connectivity index (χ1v) is 6.11. The van der Waals surface area contributed by atoms with Gasteiger partial charge < -0.3 is 5.11 Å². The molecule has 0 spiro atoms. The van der Waals surface area contributed by atoms with Gasteiger partial charge in [-0.15, -0.1) is 0 Å². The number of aromatic hydroxyl groups is 1. The molecule has 0 bridgehead atoms. The number of phenolic OH excluding ortho intramolecular Hbond substituents is 1. The fraction of sp³-hybridized carbons (Fsp3) is 0.571. The Hall–Kier alpha value is -1.05. The van der Waals surface area contributed by atoms with Gasteiger partial charge in [0.25, 0.3) is 0 Å². The van der Waals surface area contributed by atoms with Gasteiger partial charge in [-0.1, -0.05) is 27.2 Å². The van der Waals surface area contributed by atoms with Crippen LogP contribution in [0.3, 0.4) is 0 Å². The van der Waals surface area contributed by atoms with Crippen LogP contribution in [0.25, 0.3) is 0 Å². The summed E-state index contributed by atoms with van der Waals surface area (Å²) in [7, 11) is 0. The molecular formula is C14H21FO. The van der Waals surface area contributed by atoms with Crippen LogP contribution in [0.15, 0.2) is 12.1 Å². The summed E-state index contributed by atoms with van der Waals surface area (Å²) >= 11 is 0. The Morgan fingerprint density at radius 3 is 2.56 bits per heavy atom. The van der Waals surface area contributed by atoms with Crippen LogP contribution >= 0.6 is 0 Å². The van der Waals surface area contributed by atoms with Gasteiger partial charge in [0, 0.05) is 0 Å². The van der Waals surface area contributed by atoms with E-state index in [-0.39, 0.29) is 17.5 Å². The molecule has 16 heavy (non-hydrogen) atoms. The van der Waals surface area contributed by atoms with E-state index in [1.165, 1.54) is 6.07 Å². The lowest BCUT2D eigenvalue weighted by molar-refractivity contribution is 0.460. The van der Waals surface area contributed by atoms with Gasteiger partial charge in [-0.05, 0) is 48.4 Å². The summed E-state index contributed by atoms with van der Waals surface area (Å²) in [6.07, 6.45) is 3.66. The van der Waals surface area contributed by atoms with Crippen molar-refractivity contribution in [2.45, 2.75) is 52.4 Å². The Kier molecular flexibility index (Phi) is 4.78. The predicted octanol–water partition coefficient (Wildman–Crippen LogP) is 4.39. The van der Waals surface area contributed by atoms with E-state index in [1.54, 1.807) is 6.07 Å². The molecular weight excluding hydrogens is 203 g/mol. The van der Waals surface area contributed by atoms with Crippen LogP contribution in [0.5, 0.6) is 5.75 Å². The van der Waals surface area contributed by atoms with Crippen LogP contribution in [0.4, 0.5) is 4.39 Å². The van der Waals surface area contributed by atoms with Gasteiger partial charge in [-0.2, -0.15) is 0 Å². The molecule has 0 saturated carbocycles. The average Bonchev–Trinajstić information content (AvgIpc) is 2.28. The summed E-state index contributed by atoms with van der Waals surface area (Å²) in [5.41, 5.74) is 1.35. The molecule has 0 radical (unpaired) electrons. The van der Waals surface area contributed by atoms with Crippen molar-refractivity contribution in [3.05, 3.63) is 29.1 Å². The fourth-order valence-electron chi connectivity index (χ4n) is 1.78. The number of aryl methyl sites for hydroxylation is 1. The highest BCUT2D eigenvalue weighted by Gasteiger charge is 2.13. The molecule has 0 saturated heterocycles. The van der Waals surface area contributed by atoms with Gasteiger partial charge in [-0.25, -0.2) is 4.39 Å². The minimum absolute atomic E-state index is 0.158. The van der Waals surface area contributed by atoms with Crippen molar-refractivity contribution in [1.29, 1.82) is 0 Å². The maximum atomic E-state index is 13.8. The highest BCUT2D eigenvalue weighted by atomic mass is 19.1. The zero-order valence-corrected chi connectivity index (χ0v) is 10.4. The molecule has 90 valence electrons. The molecule has 0 aliphatic carbocycles. The minimum Gasteiger partial charge on any atom is -0.508 e. The quantitative estimate of drug-likeness (QED) is 0.786. The van der Waals surface area contributed by atoms with Crippen molar-refractivity contribution in [2.24, 2.45) is 0 Å². The maximum Gasteiger partial charge on any atom is 0.127 e. The van der Waals surface area contributed by atoms with Crippen molar-refractivity contribution in [3.8, 4) is 5.75 Å². The number of hydrogen-bond donors (Lipinski definition) is 1. The molecule has 1 aromatic carbocycles. The zero-order valence-electron chi connectivity index (χ0n) is 10.4. The minimum atomic E-state index is -0.182. The molecule has 0 aliphatic heterocycles. The van der Waals surface area contributed by atoms with Crippen LogP contribution < -0.4 is 0 Å². The molecule has 0 aromatic heterocycles. The molecule has 0 aliphatic rings. The smallest absolute Gasteiger partial charge is 0.127 e. The fourth-order valence-corrected chi connectivity index (χ4v) is 1.78. The molecule has 1 rings (SSSR count). The number of hydrogen-bond acceptors (Lipinski definition) is 1. The van der Waals surface area contributed by atoms with E-state index in [0.717, 1.165) is 31.2 Å². The number of benzene rings is 1. The topological polar surface area (TPSA) is 20.2 Å². The monoisotopic (exact) mass is 224 g/mol. The van der Waals surface area contributed by atoms with Crippen LogP contribution in [0.2, 0.25) is 0 Å². The zero-order chi connectivity index (χ0) is 12.1. The second kappa shape index (κ2) is 5.88. The number of halogens is 1. The number of unbranched alkanes of at least 4 members (excludes halogenated alkanes) is 1. The molecule has 0 amide bonds. The molecule has 1 atom stereocenters. The average molecular weight is 224 g/mol. The van der Waals surface area contributed by atoms with E-state index in [0.29, 0.717) is 5.56 Å². The third-order valence-corrected chi connectivity index (χ3v) is 3.14. The molecule has 0 fully saturated rings. The van der Waals surface area contributed by atoms with Gasteiger partial charge in [0.2, 0.25) is 0 Å². The molecule has 0 heterocycles. The number of rotatable bonds is 5. The van der Waals surface area contributed by atoms with Gasteiger partial charge in [0.1, 0.15) is 11.6 Å². The van der Waals surface area contributed by atoms with Crippen molar-refractivity contribution in [3.63, 3.8) is 0 Å². The van der Waals surface area contributed by atoms with E-state index in [2.05, 4.69) is 6.92 Å². The SMILES string of the molecule is CCCCc1cc(F)c(C(C)CC)cc1O. The van der Waals surface area contributed by atoms with Gasteiger partial charge >= 0.3 is 0 Å². The Morgan fingerprint density at radius 2 is 2.00 bits per heavy atom. The van der Waals surface area contributed by atoms with Crippen LogP contribution in [0.1, 0.15) is 57.1 Å². The standard InChI is InChI=1S/C14H21FO/c1-4-6-7-11-8-13(15)12(9-14(11)16)10(3)5-2/h8-10,16H,4-7H2,1-3H3. The first-order valence-electron chi connectivity index (χ1n) is 6.11. The Labute approximate surface area is 97.3 Å². The molecule has 1 N–H and O–H groups in total. The highest BCUT2D eigenvalue weighted by Crippen LogP contribution is 2.29. The van der Waals surface area contributed by atoms with E-state index < -0.39 is 0 Å². The summed E-state index contributed by atoms with van der Waals surface area (Å²) in [5.74, 6) is 0.217. The Morgan fingerprint density at radius 1 is 1.31 bits per heavy atom. The normalized spacial score (nSPS) is 12.8. The van der Waals surface area contributed by atoms with E-state index in [9.17, 15) is 9.50 Å². The summed E-state index contributed by atoms with van der Waals surface area (Å²) in [4.78, 5) is 0. The van der Waals surface area contributed by atoms with Crippen molar-refractivity contribution >= 4 is 0 Å². The van der Waals surface area contributed by atoms with Gasteiger partial charge in [-0.3, -0.25) is 0 Å². The van der Waals surface area contributed by atoms with Crippen LogP contribution in [-0.4, -0.2) is 5.11 Å². The Balaban J connectivity index is 2.97. The third kappa shape index (κ3) is 2.97. The van der Waals surface area contributed by atoms with Crippen LogP contribution in [0, 0.1) is 5.82 Å². The van der Waals surface area contributed by atoms with Crippen molar-refractivity contribution in [2.75, 3.05) is 0 Å². The summed E-state index contributed by atoms with van der Waals surface area (Å²) < 4.78 is 13.8. The highest BCUT2D eigenvalue weighted by molar-refractivity contribution is 5.38. The summed E-state index contributed by atoms with van der Waals surface area (Å²) in [6, 6.07) is 3.08. The molecule has 1 nitrogen and oxygen atoms in total. The molecule has 2 heteroatoms. The van der Waals surface area contributed by atoms with E-state index in [1.807, 2.05) is 13.8 Å². The largest absolute Gasteiger partial charge is 0.508 e. The van der Waals surface area contributed by atoms with Crippen LogP contribution in [-0.2, 0) is 6.42 Å². The lowest BCUT2D eigenvalue weighted by Gasteiger charge is -2.13. The van der Waals surface area contributed by atoms with Gasteiger partial charge in [0.05, 0.1) is 0 Å². The molecule has 1 aromatic rings. The predicted molar refractivity (Wildman–Crippen MR) is 65.4 cm³/mol. The second-order valence-electron chi connectivity index (χ2n) is 4.42. The summed E-state index contributed by atoms with van der Waals surface area (Å²) in [6.45, 7) is 6.08. The molecule has 1 unspecified atom stereocenters. The summed E-state index contributed by atoms with van der Waals surface area (Å²) in [5, 5.41) is 9.82. The van der Waals surface area contributed by atoms with Gasteiger partial charge in [0.15, 0.2) is 0 Å². The van der Waals surface area contributed by atoms with Crippen molar-refractivity contribution in [1.82, 2.24) is 0 Å². The number of phenols is 1. The lowest BCUT2D eigenvalue weighted by Crippen LogP contribution is -1.98. The van der Waals surface area contributed by atoms with Crippen molar-refractivity contribution < 1.29 is 9.50 Å². The lowest BCUT2D eigenvalue weighted by atomic mass is 9.95. The third-order valence-electron chi connectivity index (χ3n) is 3.14. The Bertz CT molecular complexity index is 347. The van der Waals surface area contributed by atoms with E-state index >= 15 is 0 Å².